The second kappa shape index (κ2) is 6.84. The van der Waals surface area contributed by atoms with Gasteiger partial charge in [-0.1, -0.05) is 36.4 Å². The van der Waals surface area contributed by atoms with E-state index in [4.69, 9.17) is 20.3 Å². The maximum absolute atomic E-state index is 7.73. The molecule has 2 atom stereocenters. The number of hydrogen-bond donors (Lipinski definition) is 2. The molecule has 1 aliphatic heterocycles. The zero-order chi connectivity index (χ0) is 18.1. The lowest BCUT2D eigenvalue weighted by Gasteiger charge is -2.18. The molecule has 3 N–H and O–H groups in total. The summed E-state index contributed by atoms with van der Waals surface area (Å²) in [6, 6.07) is 15.7. The molecule has 2 unspecified atom stereocenters. The summed E-state index contributed by atoms with van der Waals surface area (Å²) in [7, 11) is 0. The minimum absolute atomic E-state index is 0.0458. The van der Waals surface area contributed by atoms with Gasteiger partial charge in [0.25, 0.3) is 5.89 Å². The number of nitrogens with zero attached hydrogens (tertiary/aromatic N) is 2. The number of rotatable bonds is 5. The van der Waals surface area contributed by atoms with E-state index in [0.717, 1.165) is 21.8 Å². The lowest BCUT2D eigenvalue weighted by Crippen LogP contribution is -2.24. The molecule has 0 amide bonds. The van der Waals surface area contributed by atoms with E-state index in [1.165, 1.54) is 0 Å². The minimum atomic E-state index is -0.495. The first kappa shape index (κ1) is 16.7. The minimum Gasteiger partial charge on any atom is -0.476 e. The maximum Gasteiger partial charge on any atom is 0.261 e. The van der Waals surface area contributed by atoms with E-state index in [1.54, 1.807) is 18.7 Å². The van der Waals surface area contributed by atoms with Gasteiger partial charge in [0.15, 0.2) is 0 Å². The molecule has 0 saturated heterocycles. The summed E-state index contributed by atoms with van der Waals surface area (Å²) in [5, 5.41) is 15.8. The van der Waals surface area contributed by atoms with Crippen LogP contribution in [-0.2, 0) is 6.42 Å². The predicted molar refractivity (Wildman–Crippen MR) is 99.7 cm³/mol. The van der Waals surface area contributed by atoms with Crippen molar-refractivity contribution in [3.8, 4) is 5.75 Å². The highest BCUT2D eigenvalue weighted by atomic mass is 32.2. The highest BCUT2D eigenvalue weighted by Gasteiger charge is 2.30. The van der Waals surface area contributed by atoms with Gasteiger partial charge >= 0.3 is 0 Å². The molecule has 1 aromatic heterocycles. The molecule has 0 bridgehead atoms. The monoisotopic (exact) mass is 366 g/mol. The fourth-order valence-corrected chi connectivity index (χ4v) is 4.12. The quantitative estimate of drug-likeness (QED) is 0.530. The molecule has 0 aliphatic carbocycles. The van der Waals surface area contributed by atoms with E-state index in [-0.39, 0.29) is 11.1 Å². The van der Waals surface area contributed by atoms with Gasteiger partial charge in [-0.15, -0.1) is 22.0 Å². The van der Waals surface area contributed by atoms with Gasteiger partial charge in [-0.25, -0.2) is 0 Å². The largest absolute Gasteiger partial charge is 0.476 e. The third-order valence-corrected chi connectivity index (χ3v) is 5.55. The molecular weight excluding hydrogens is 348 g/mol. The van der Waals surface area contributed by atoms with Crippen LogP contribution in [0, 0.1) is 12.3 Å². The summed E-state index contributed by atoms with van der Waals surface area (Å²) >= 11 is 1.60. The van der Waals surface area contributed by atoms with Crippen molar-refractivity contribution in [2.75, 3.05) is 0 Å². The van der Waals surface area contributed by atoms with Crippen LogP contribution in [0.1, 0.15) is 29.0 Å². The summed E-state index contributed by atoms with van der Waals surface area (Å²) in [6.45, 7) is 1.76. The Labute approximate surface area is 155 Å². The third kappa shape index (κ3) is 3.17. The number of thioether (sulfide) groups is 1. The lowest BCUT2D eigenvalue weighted by atomic mass is 10.1. The molecule has 0 radical (unpaired) electrons. The van der Waals surface area contributed by atoms with Crippen LogP contribution in [0.3, 0.4) is 0 Å². The lowest BCUT2D eigenvalue weighted by molar-refractivity contribution is 0.204. The smallest absolute Gasteiger partial charge is 0.261 e. The Balaban J connectivity index is 1.70. The number of ether oxygens (including phenoxy) is 1. The van der Waals surface area contributed by atoms with Crippen LogP contribution < -0.4 is 10.5 Å². The Morgan fingerprint density at radius 1 is 1.23 bits per heavy atom. The molecule has 2 aromatic carbocycles. The molecule has 26 heavy (non-hydrogen) atoms. The number of hydrogen-bond acceptors (Lipinski definition) is 6. The molecule has 0 fully saturated rings. The highest BCUT2D eigenvalue weighted by Crippen LogP contribution is 2.43. The summed E-state index contributed by atoms with van der Waals surface area (Å²) in [4.78, 5) is 1.09. The molecule has 4 rings (SSSR count). The average Bonchev–Trinajstić information content (AvgIpc) is 3.27. The standard InChI is InChI=1S/C19H18N4O2S/c1-11-22-23-19(24-11)17(12-6-3-2-4-7-12)25-14-8-5-9-15-13(14)10-16(26-15)18(20)21/h2-9,16-17H,10H2,1H3,(H3,20,21). The first-order valence-electron chi connectivity index (χ1n) is 8.26. The number of aromatic nitrogens is 2. The second-order valence-electron chi connectivity index (χ2n) is 6.07. The van der Waals surface area contributed by atoms with E-state index in [9.17, 15) is 0 Å². The third-order valence-electron chi connectivity index (χ3n) is 4.21. The molecule has 3 aromatic rings. The molecular formula is C19H18N4O2S. The Bertz CT molecular complexity index is 942. The van der Waals surface area contributed by atoms with Gasteiger partial charge in [0.2, 0.25) is 12.0 Å². The SMILES string of the molecule is Cc1nnc(C(Oc2cccc3c2CC(C(=N)N)S3)c2ccccc2)o1. The zero-order valence-electron chi connectivity index (χ0n) is 14.2. The summed E-state index contributed by atoms with van der Waals surface area (Å²) < 4.78 is 12.0. The van der Waals surface area contributed by atoms with Crippen LogP contribution in [-0.4, -0.2) is 21.3 Å². The Morgan fingerprint density at radius 3 is 2.73 bits per heavy atom. The summed E-state index contributed by atoms with van der Waals surface area (Å²) in [6.07, 6.45) is 0.181. The van der Waals surface area contributed by atoms with Gasteiger partial charge in [-0.2, -0.15) is 0 Å². The molecule has 132 valence electrons. The van der Waals surface area contributed by atoms with Gasteiger partial charge in [0.05, 0.1) is 5.25 Å². The van der Waals surface area contributed by atoms with Gasteiger partial charge < -0.3 is 14.9 Å². The van der Waals surface area contributed by atoms with Crippen molar-refractivity contribution >= 4 is 17.6 Å². The van der Waals surface area contributed by atoms with E-state index < -0.39 is 6.10 Å². The van der Waals surface area contributed by atoms with Crippen molar-refractivity contribution < 1.29 is 9.15 Å². The van der Waals surface area contributed by atoms with E-state index in [0.29, 0.717) is 18.2 Å². The Morgan fingerprint density at radius 2 is 2.04 bits per heavy atom. The fourth-order valence-electron chi connectivity index (χ4n) is 2.95. The highest BCUT2D eigenvalue weighted by molar-refractivity contribution is 8.01. The van der Waals surface area contributed by atoms with Gasteiger partial charge in [0.1, 0.15) is 11.6 Å². The van der Waals surface area contributed by atoms with Crippen LogP contribution in [0.2, 0.25) is 0 Å². The van der Waals surface area contributed by atoms with Crippen molar-refractivity contribution in [1.29, 1.82) is 5.41 Å². The average molecular weight is 366 g/mol. The number of amidine groups is 1. The first-order chi connectivity index (χ1) is 12.6. The van der Waals surface area contributed by atoms with Crippen molar-refractivity contribution in [1.82, 2.24) is 10.2 Å². The fraction of sp³-hybridized carbons (Fsp3) is 0.211. The first-order valence-corrected chi connectivity index (χ1v) is 9.14. The van der Waals surface area contributed by atoms with E-state index in [1.807, 2.05) is 48.5 Å². The van der Waals surface area contributed by atoms with Crippen LogP contribution in [0.4, 0.5) is 0 Å². The van der Waals surface area contributed by atoms with Crippen molar-refractivity contribution in [2.24, 2.45) is 5.73 Å². The molecule has 2 heterocycles. The Hall–Kier alpha value is -2.80. The number of fused-ring (bicyclic) bond motifs is 1. The maximum atomic E-state index is 7.73. The van der Waals surface area contributed by atoms with Crippen LogP contribution in [0.5, 0.6) is 5.75 Å². The van der Waals surface area contributed by atoms with Crippen molar-refractivity contribution in [3.05, 3.63) is 71.4 Å². The normalized spacial score (nSPS) is 16.9. The molecule has 0 spiro atoms. The summed E-state index contributed by atoms with van der Waals surface area (Å²) in [5.41, 5.74) is 7.70. The molecule has 6 nitrogen and oxygen atoms in total. The zero-order valence-corrected chi connectivity index (χ0v) is 15.0. The van der Waals surface area contributed by atoms with Crippen LogP contribution in [0.25, 0.3) is 0 Å². The number of nitrogens with one attached hydrogen (secondary N) is 1. The van der Waals surface area contributed by atoms with Crippen molar-refractivity contribution in [3.63, 3.8) is 0 Å². The van der Waals surface area contributed by atoms with E-state index in [2.05, 4.69) is 10.2 Å². The van der Waals surface area contributed by atoms with Gasteiger partial charge in [0, 0.05) is 22.9 Å². The summed E-state index contributed by atoms with van der Waals surface area (Å²) in [5.74, 6) is 1.85. The van der Waals surface area contributed by atoms with E-state index >= 15 is 0 Å². The molecule has 1 aliphatic rings. The number of benzene rings is 2. The van der Waals surface area contributed by atoms with Crippen LogP contribution >= 0.6 is 11.8 Å². The van der Waals surface area contributed by atoms with Gasteiger partial charge in [-0.05, 0) is 18.6 Å². The second-order valence-corrected chi connectivity index (χ2v) is 7.31. The predicted octanol–water partition coefficient (Wildman–Crippen LogP) is 3.50. The molecule has 7 heteroatoms. The topological polar surface area (TPSA) is 98.0 Å². The molecule has 0 saturated carbocycles. The van der Waals surface area contributed by atoms with Crippen LogP contribution in [0.15, 0.2) is 57.8 Å². The Kier molecular flexibility index (Phi) is 4.38. The number of nitrogens with two attached hydrogens (primary N) is 1. The number of aryl methyl sites for hydroxylation is 1. The van der Waals surface area contributed by atoms with Crippen molar-refractivity contribution in [2.45, 2.75) is 29.6 Å². The van der Waals surface area contributed by atoms with Gasteiger partial charge in [-0.3, -0.25) is 5.41 Å².